The van der Waals surface area contributed by atoms with Crippen LogP contribution in [0.1, 0.15) is 12.8 Å². The lowest BCUT2D eigenvalue weighted by Crippen LogP contribution is -2.44. The number of hydrogen-bond acceptors (Lipinski definition) is 4. The van der Waals surface area contributed by atoms with Crippen LogP contribution in [0.3, 0.4) is 0 Å². The van der Waals surface area contributed by atoms with Crippen molar-refractivity contribution in [2.45, 2.75) is 18.9 Å². The molecule has 1 fully saturated rings. The Hall–Kier alpha value is -1.89. The molecule has 2 amide bonds. The first-order chi connectivity index (χ1) is 9.42. The lowest BCUT2D eigenvalue weighted by molar-refractivity contribution is -0.140. The topological polar surface area (TPSA) is 90.0 Å². The zero-order valence-electron chi connectivity index (χ0n) is 11.7. The van der Waals surface area contributed by atoms with E-state index in [4.69, 9.17) is 5.11 Å². The van der Waals surface area contributed by atoms with Crippen LogP contribution in [0.25, 0.3) is 0 Å². The molecule has 7 nitrogen and oxygen atoms in total. The molecule has 1 aliphatic carbocycles. The summed E-state index contributed by atoms with van der Waals surface area (Å²) in [6.07, 6.45) is 3.53. The van der Waals surface area contributed by atoms with E-state index in [9.17, 15) is 14.4 Å². The van der Waals surface area contributed by atoms with Gasteiger partial charge in [0, 0.05) is 19.6 Å². The van der Waals surface area contributed by atoms with Gasteiger partial charge < -0.3 is 15.3 Å². The van der Waals surface area contributed by atoms with Gasteiger partial charge >= 0.3 is 5.97 Å². The van der Waals surface area contributed by atoms with E-state index in [1.807, 2.05) is 0 Å². The zero-order valence-corrected chi connectivity index (χ0v) is 11.7. The van der Waals surface area contributed by atoms with Crippen LogP contribution in [-0.2, 0) is 14.4 Å². The summed E-state index contributed by atoms with van der Waals surface area (Å²) in [5.74, 6) is -1.48. The minimum Gasteiger partial charge on any atom is -0.480 e. The van der Waals surface area contributed by atoms with Crippen molar-refractivity contribution in [1.82, 2.24) is 15.1 Å². The second-order valence-corrected chi connectivity index (χ2v) is 4.94. The van der Waals surface area contributed by atoms with Gasteiger partial charge in [0.05, 0.1) is 19.6 Å². The Morgan fingerprint density at radius 2 is 1.95 bits per heavy atom. The maximum atomic E-state index is 11.9. The van der Waals surface area contributed by atoms with E-state index in [1.54, 1.807) is 0 Å². The van der Waals surface area contributed by atoms with Crippen molar-refractivity contribution >= 4 is 17.8 Å². The highest BCUT2D eigenvalue weighted by molar-refractivity contribution is 5.86. The van der Waals surface area contributed by atoms with E-state index in [0.717, 1.165) is 12.8 Å². The first-order valence-corrected chi connectivity index (χ1v) is 6.50. The Morgan fingerprint density at radius 1 is 1.30 bits per heavy atom. The van der Waals surface area contributed by atoms with E-state index in [0.29, 0.717) is 6.54 Å². The zero-order chi connectivity index (χ0) is 15.1. The quantitative estimate of drug-likeness (QED) is 0.546. The van der Waals surface area contributed by atoms with Crippen molar-refractivity contribution in [3.8, 4) is 0 Å². The molecule has 0 unspecified atom stereocenters. The van der Waals surface area contributed by atoms with E-state index >= 15 is 0 Å². The smallest absolute Gasteiger partial charge is 0.317 e. The number of aliphatic carboxylic acids is 1. The molecule has 1 aliphatic rings. The van der Waals surface area contributed by atoms with E-state index in [2.05, 4.69) is 11.9 Å². The molecule has 0 aromatic carbocycles. The Labute approximate surface area is 118 Å². The lowest BCUT2D eigenvalue weighted by atomic mass is 10.4. The number of carbonyl (C=O) groups excluding carboxylic acids is 2. The van der Waals surface area contributed by atoms with Crippen LogP contribution in [0.15, 0.2) is 12.7 Å². The normalized spacial score (nSPS) is 13.9. The third-order valence-corrected chi connectivity index (χ3v) is 2.85. The molecule has 0 aliphatic heterocycles. The maximum absolute atomic E-state index is 11.9. The lowest BCUT2D eigenvalue weighted by Gasteiger charge is -2.22. The molecule has 0 bridgehead atoms. The second kappa shape index (κ2) is 7.64. The van der Waals surface area contributed by atoms with Gasteiger partial charge in [-0.25, -0.2) is 0 Å². The fraction of sp³-hybridized carbons (Fsp3) is 0.615. The minimum atomic E-state index is -1.01. The number of amides is 2. The summed E-state index contributed by atoms with van der Waals surface area (Å²) in [5.41, 5.74) is 0. The molecule has 7 heteroatoms. The Morgan fingerprint density at radius 3 is 2.45 bits per heavy atom. The standard InChI is InChI=1S/C13H21N3O4/c1-3-6-16(9-13(19)20)8-12(18)15(2)7-11(17)14-10-4-5-10/h3,10H,1,4-9H2,2H3,(H,14,17)(H,19,20). The average Bonchev–Trinajstić information content (AvgIpc) is 3.11. The molecule has 112 valence electrons. The van der Waals surface area contributed by atoms with Crippen LogP contribution >= 0.6 is 0 Å². The first kappa shape index (κ1) is 16.2. The Balaban J connectivity index is 2.38. The van der Waals surface area contributed by atoms with Crippen LogP contribution in [0, 0.1) is 0 Å². The van der Waals surface area contributed by atoms with Gasteiger partial charge in [-0.05, 0) is 12.8 Å². The van der Waals surface area contributed by atoms with Crippen molar-refractivity contribution in [3.63, 3.8) is 0 Å². The minimum absolute atomic E-state index is 0.00959. The van der Waals surface area contributed by atoms with Gasteiger partial charge in [0.15, 0.2) is 0 Å². The molecule has 0 spiro atoms. The largest absolute Gasteiger partial charge is 0.480 e. The molecule has 2 N–H and O–H groups in total. The van der Waals surface area contributed by atoms with Crippen molar-refractivity contribution in [2.75, 3.05) is 33.2 Å². The average molecular weight is 283 g/mol. The summed E-state index contributed by atoms with van der Waals surface area (Å²) >= 11 is 0. The molecular weight excluding hydrogens is 262 g/mol. The molecule has 0 aromatic rings. The maximum Gasteiger partial charge on any atom is 0.317 e. The summed E-state index contributed by atoms with van der Waals surface area (Å²) in [6.45, 7) is 3.53. The number of carboxylic acids is 1. The van der Waals surface area contributed by atoms with Crippen LogP contribution in [0.4, 0.5) is 0 Å². The first-order valence-electron chi connectivity index (χ1n) is 6.50. The molecule has 0 heterocycles. The predicted octanol–water partition coefficient (Wildman–Crippen LogP) is -0.704. The third-order valence-electron chi connectivity index (χ3n) is 2.85. The predicted molar refractivity (Wildman–Crippen MR) is 73.1 cm³/mol. The van der Waals surface area contributed by atoms with Gasteiger partial charge in [0.2, 0.25) is 11.8 Å². The van der Waals surface area contributed by atoms with E-state index in [1.165, 1.54) is 22.9 Å². The summed E-state index contributed by atoms with van der Waals surface area (Å²) in [6, 6.07) is 0.260. The van der Waals surface area contributed by atoms with E-state index < -0.39 is 5.97 Å². The highest BCUT2D eigenvalue weighted by atomic mass is 16.4. The summed E-state index contributed by atoms with van der Waals surface area (Å²) in [5, 5.41) is 11.5. The van der Waals surface area contributed by atoms with Gasteiger partial charge in [0.25, 0.3) is 0 Å². The van der Waals surface area contributed by atoms with Crippen molar-refractivity contribution in [2.24, 2.45) is 0 Å². The third kappa shape index (κ3) is 6.33. The van der Waals surface area contributed by atoms with E-state index in [-0.39, 0.29) is 37.5 Å². The molecule has 0 atom stereocenters. The molecule has 20 heavy (non-hydrogen) atoms. The van der Waals surface area contributed by atoms with Crippen LogP contribution < -0.4 is 5.32 Å². The van der Waals surface area contributed by atoms with Gasteiger partial charge in [-0.1, -0.05) is 6.08 Å². The molecule has 0 saturated heterocycles. The Kier molecular flexibility index (Phi) is 6.17. The number of hydrogen-bond donors (Lipinski definition) is 2. The van der Waals surface area contributed by atoms with Crippen molar-refractivity contribution in [1.29, 1.82) is 0 Å². The monoisotopic (exact) mass is 283 g/mol. The molecular formula is C13H21N3O4. The fourth-order valence-electron chi connectivity index (χ4n) is 1.68. The summed E-state index contributed by atoms with van der Waals surface area (Å²) < 4.78 is 0. The molecule has 0 aromatic heterocycles. The van der Waals surface area contributed by atoms with Crippen LogP contribution in [-0.4, -0.2) is 72.0 Å². The van der Waals surface area contributed by atoms with Gasteiger partial charge in [-0.2, -0.15) is 0 Å². The van der Waals surface area contributed by atoms with Crippen molar-refractivity contribution in [3.05, 3.63) is 12.7 Å². The highest BCUT2D eigenvalue weighted by Gasteiger charge is 2.24. The number of likely N-dealkylation sites (N-methyl/N-ethyl adjacent to an activating group) is 1. The number of rotatable bonds is 9. The van der Waals surface area contributed by atoms with Crippen LogP contribution in [0.5, 0.6) is 0 Å². The van der Waals surface area contributed by atoms with Gasteiger partial charge in [-0.15, -0.1) is 6.58 Å². The van der Waals surface area contributed by atoms with Gasteiger partial charge in [0.1, 0.15) is 0 Å². The number of carbonyl (C=O) groups is 3. The second-order valence-electron chi connectivity index (χ2n) is 4.94. The number of nitrogens with one attached hydrogen (secondary N) is 1. The summed E-state index contributed by atoms with van der Waals surface area (Å²) in [7, 11) is 1.53. The molecule has 1 saturated carbocycles. The highest BCUT2D eigenvalue weighted by Crippen LogP contribution is 2.18. The fourth-order valence-corrected chi connectivity index (χ4v) is 1.68. The SMILES string of the molecule is C=CCN(CC(=O)O)CC(=O)N(C)CC(=O)NC1CC1. The number of carboxylic acid groups (broad SMARTS) is 1. The van der Waals surface area contributed by atoms with Crippen molar-refractivity contribution < 1.29 is 19.5 Å². The van der Waals surface area contributed by atoms with Crippen LogP contribution in [0.2, 0.25) is 0 Å². The summed E-state index contributed by atoms with van der Waals surface area (Å²) in [4.78, 5) is 36.9. The van der Waals surface area contributed by atoms with Gasteiger partial charge in [-0.3, -0.25) is 19.3 Å². The molecule has 0 radical (unpaired) electrons. The molecule has 1 rings (SSSR count). The number of nitrogens with zero attached hydrogens (tertiary/aromatic N) is 2. The Bertz CT molecular complexity index is 393.